The Balaban J connectivity index is 0.00000289. The fourth-order valence-corrected chi connectivity index (χ4v) is 4.50. The van der Waals surface area contributed by atoms with Gasteiger partial charge in [-0.3, -0.25) is 19.4 Å². The highest BCUT2D eigenvalue weighted by Crippen LogP contribution is 2.39. The van der Waals surface area contributed by atoms with Crippen molar-refractivity contribution < 1.29 is 18.7 Å². The molecule has 0 N–H and O–H groups in total. The zero-order chi connectivity index (χ0) is 23.3. The molecular formula is C25H37Cl2FN2O3S. The molecule has 1 saturated heterocycles. The van der Waals surface area contributed by atoms with Gasteiger partial charge in [-0.2, -0.15) is 12.6 Å². The van der Waals surface area contributed by atoms with Gasteiger partial charge in [-0.15, -0.1) is 24.8 Å². The third-order valence-electron chi connectivity index (χ3n) is 6.27. The molecule has 1 aromatic carbocycles. The average molecular weight is 536 g/mol. The Morgan fingerprint density at radius 3 is 2.50 bits per heavy atom. The van der Waals surface area contributed by atoms with Crippen LogP contribution in [0.15, 0.2) is 35.9 Å². The van der Waals surface area contributed by atoms with Gasteiger partial charge in [-0.25, -0.2) is 4.39 Å². The van der Waals surface area contributed by atoms with Crippen molar-refractivity contribution in [3.05, 3.63) is 47.3 Å². The molecule has 0 bridgehead atoms. The van der Waals surface area contributed by atoms with Gasteiger partial charge in [0, 0.05) is 42.4 Å². The molecule has 34 heavy (non-hydrogen) atoms. The molecule has 0 amide bonds. The standard InChI is InChI=1S/C25H35FN2O3S.2ClH/c1-4-31-23(29)16-27(17(2)3)13-11-19-15-28(14-12-22(19)32)24(25(30)18-9-10-18)20-7-5-6-8-21(20)26;;/h5-8,11,17-18,22,24,32H,4,9-10,12-16H2,1-3H3;2*1H/b19-11-;;. The maximum atomic E-state index is 14.7. The highest BCUT2D eigenvalue weighted by atomic mass is 35.5. The number of rotatable bonds is 10. The fraction of sp³-hybridized carbons (Fsp3) is 0.600. The number of esters is 1. The number of Topliss-reactive ketones (excluding diaryl/α,β-unsaturated/α-hetero) is 1. The molecule has 1 heterocycles. The Kier molecular flexibility index (Phi) is 13.1. The summed E-state index contributed by atoms with van der Waals surface area (Å²) in [6.45, 7) is 8.35. The number of nitrogens with zero attached hydrogens (tertiary/aromatic N) is 2. The smallest absolute Gasteiger partial charge is 0.320 e. The van der Waals surface area contributed by atoms with Crippen molar-refractivity contribution in [2.45, 2.75) is 57.4 Å². The Morgan fingerprint density at radius 2 is 1.91 bits per heavy atom. The SMILES string of the molecule is CCOC(=O)CN(C/C=C1/CN(C(C(=O)C2CC2)c2ccccc2F)CCC1S)C(C)C.Cl.Cl. The van der Waals surface area contributed by atoms with Crippen LogP contribution in [-0.4, -0.2) is 65.6 Å². The van der Waals surface area contributed by atoms with E-state index in [0.29, 0.717) is 31.8 Å². The highest BCUT2D eigenvalue weighted by molar-refractivity contribution is 7.81. The van der Waals surface area contributed by atoms with Gasteiger partial charge in [0.2, 0.25) is 0 Å². The first-order valence-electron chi connectivity index (χ1n) is 11.6. The number of piperidine rings is 1. The Morgan fingerprint density at radius 1 is 1.24 bits per heavy atom. The molecule has 2 unspecified atom stereocenters. The molecule has 1 aromatic rings. The van der Waals surface area contributed by atoms with Gasteiger partial charge in [-0.05, 0) is 51.7 Å². The first kappa shape index (κ1) is 30.9. The van der Waals surface area contributed by atoms with Crippen molar-refractivity contribution >= 4 is 49.2 Å². The number of hydrogen-bond acceptors (Lipinski definition) is 6. The van der Waals surface area contributed by atoms with E-state index in [1.54, 1.807) is 25.1 Å². The predicted octanol–water partition coefficient (Wildman–Crippen LogP) is 4.89. The lowest BCUT2D eigenvalue weighted by Gasteiger charge is -2.38. The van der Waals surface area contributed by atoms with Crippen LogP contribution >= 0.6 is 37.4 Å². The molecule has 2 atom stereocenters. The first-order valence-corrected chi connectivity index (χ1v) is 12.1. The predicted molar refractivity (Wildman–Crippen MR) is 142 cm³/mol. The summed E-state index contributed by atoms with van der Waals surface area (Å²) >= 11 is 4.77. The number of ether oxygens (including phenoxy) is 1. The third-order valence-corrected chi connectivity index (χ3v) is 6.86. The van der Waals surface area contributed by atoms with Crippen LogP contribution in [0, 0.1) is 11.7 Å². The quantitative estimate of drug-likeness (QED) is 0.263. The molecule has 0 radical (unpaired) electrons. The number of halogens is 3. The molecule has 0 spiro atoms. The van der Waals surface area contributed by atoms with Crippen molar-refractivity contribution in [3.8, 4) is 0 Å². The van der Waals surface area contributed by atoms with Gasteiger partial charge in [0.05, 0.1) is 19.2 Å². The molecule has 1 aliphatic carbocycles. The van der Waals surface area contributed by atoms with Gasteiger partial charge in [0.1, 0.15) is 5.82 Å². The fourth-order valence-electron chi connectivity index (χ4n) is 4.20. The zero-order valence-electron chi connectivity index (χ0n) is 20.1. The van der Waals surface area contributed by atoms with Crippen molar-refractivity contribution in [3.63, 3.8) is 0 Å². The minimum atomic E-state index is -0.561. The van der Waals surface area contributed by atoms with Gasteiger partial charge in [-0.1, -0.05) is 24.3 Å². The minimum absolute atomic E-state index is 0. The lowest BCUT2D eigenvalue weighted by Crippen LogP contribution is -2.43. The number of benzene rings is 1. The van der Waals surface area contributed by atoms with E-state index >= 15 is 0 Å². The van der Waals surface area contributed by atoms with Crippen molar-refractivity contribution in [2.24, 2.45) is 5.92 Å². The van der Waals surface area contributed by atoms with Crippen LogP contribution in [0.25, 0.3) is 0 Å². The molecule has 2 fully saturated rings. The van der Waals surface area contributed by atoms with Crippen LogP contribution in [0.2, 0.25) is 0 Å². The monoisotopic (exact) mass is 534 g/mol. The number of carbonyl (C=O) groups excluding carboxylic acids is 2. The van der Waals surface area contributed by atoms with E-state index in [4.69, 9.17) is 17.4 Å². The van der Waals surface area contributed by atoms with E-state index in [-0.39, 0.29) is 66.1 Å². The molecule has 0 aromatic heterocycles. The van der Waals surface area contributed by atoms with E-state index in [1.807, 2.05) is 18.7 Å². The van der Waals surface area contributed by atoms with Crippen LogP contribution in [0.5, 0.6) is 0 Å². The second kappa shape index (κ2) is 14.4. The Hall–Kier alpha value is -1.12. The maximum Gasteiger partial charge on any atom is 0.320 e. The van der Waals surface area contributed by atoms with Crippen LogP contribution in [0.1, 0.15) is 51.6 Å². The molecular weight excluding hydrogens is 498 g/mol. The van der Waals surface area contributed by atoms with Gasteiger partial charge < -0.3 is 4.74 Å². The van der Waals surface area contributed by atoms with Gasteiger partial charge >= 0.3 is 5.97 Å². The molecule has 1 saturated carbocycles. The molecule has 2 aliphatic rings. The van der Waals surface area contributed by atoms with E-state index in [0.717, 1.165) is 24.8 Å². The Bertz CT molecular complexity index is 851. The normalized spacial score (nSPS) is 20.6. The maximum absolute atomic E-state index is 14.7. The largest absolute Gasteiger partial charge is 0.465 e. The average Bonchev–Trinajstić information content (AvgIpc) is 3.59. The lowest BCUT2D eigenvalue weighted by atomic mass is 9.93. The summed E-state index contributed by atoms with van der Waals surface area (Å²) in [4.78, 5) is 29.3. The minimum Gasteiger partial charge on any atom is -0.465 e. The summed E-state index contributed by atoms with van der Waals surface area (Å²) in [5, 5.41) is 0.0835. The molecule has 9 heteroatoms. The molecule has 192 valence electrons. The Labute approximate surface area is 220 Å². The molecule has 1 aliphatic heterocycles. The van der Waals surface area contributed by atoms with E-state index in [1.165, 1.54) is 6.07 Å². The summed E-state index contributed by atoms with van der Waals surface area (Å²) in [5.74, 6) is -0.396. The molecule has 5 nitrogen and oxygen atoms in total. The van der Waals surface area contributed by atoms with E-state index < -0.39 is 6.04 Å². The lowest BCUT2D eigenvalue weighted by molar-refractivity contribution is -0.144. The number of hydrogen-bond donors (Lipinski definition) is 1. The van der Waals surface area contributed by atoms with Crippen molar-refractivity contribution in [1.82, 2.24) is 9.80 Å². The van der Waals surface area contributed by atoms with E-state index in [9.17, 15) is 14.0 Å². The highest BCUT2D eigenvalue weighted by Gasteiger charge is 2.40. The van der Waals surface area contributed by atoms with Gasteiger partial charge in [0.15, 0.2) is 5.78 Å². The van der Waals surface area contributed by atoms with Crippen LogP contribution in [0.4, 0.5) is 4.39 Å². The summed E-state index contributed by atoms with van der Waals surface area (Å²) in [6, 6.07) is 6.23. The second-order valence-electron chi connectivity index (χ2n) is 8.98. The summed E-state index contributed by atoms with van der Waals surface area (Å²) in [5.41, 5.74) is 1.58. The van der Waals surface area contributed by atoms with Crippen LogP contribution in [0.3, 0.4) is 0 Å². The second-order valence-corrected chi connectivity index (χ2v) is 9.61. The van der Waals surface area contributed by atoms with E-state index in [2.05, 4.69) is 11.0 Å². The zero-order valence-corrected chi connectivity index (χ0v) is 22.6. The summed E-state index contributed by atoms with van der Waals surface area (Å²) in [6.07, 6.45) is 4.69. The van der Waals surface area contributed by atoms with Crippen molar-refractivity contribution in [2.75, 3.05) is 32.8 Å². The topological polar surface area (TPSA) is 49.9 Å². The summed E-state index contributed by atoms with van der Waals surface area (Å²) in [7, 11) is 0. The number of ketones is 1. The number of likely N-dealkylation sites (tertiary alicyclic amines) is 1. The van der Waals surface area contributed by atoms with Crippen LogP contribution < -0.4 is 0 Å². The molecule has 3 rings (SSSR count). The summed E-state index contributed by atoms with van der Waals surface area (Å²) < 4.78 is 19.8. The van der Waals surface area contributed by atoms with Crippen molar-refractivity contribution in [1.29, 1.82) is 0 Å². The number of carbonyl (C=O) groups is 2. The van der Waals surface area contributed by atoms with Crippen LogP contribution in [-0.2, 0) is 14.3 Å². The third kappa shape index (κ3) is 8.23. The number of thiol groups is 1. The van der Waals surface area contributed by atoms with Gasteiger partial charge in [0.25, 0.3) is 0 Å². The first-order chi connectivity index (χ1) is 15.3.